The number of anilines is 2. The third-order valence-electron chi connectivity index (χ3n) is 5.16. The number of ether oxygens (including phenoxy) is 4. The van der Waals surface area contributed by atoms with Gasteiger partial charge in [0, 0.05) is 17.8 Å². The van der Waals surface area contributed by atoms with E-state index in [4.69, 9.17) is 18.9 Å². The van der Waals surface area contributed by atoms with Crippen LogP contribution in [0.5, 0.6) is 23.0 Å². The van der Waals surface area contributed by atoms with Gasteiger partial charge < -0.3 is 29.2 Å². The molecule has 1 heterocycles. The van der Waals surface area contributed by atoms with E-state index in [2.05, 4.69) is 5.32 Å². The third kappa shape index (κ3) is 4.23. The van der Waals surface area contributed by atoms with Crippen molar-refractivity contribution in [2.24, 2.45) is 5.41 Å². The fourth-order valence-corrected chi connectivity index (χ4v) is 3.45. The second kappa shape index (κ2) is 8.75. The van der Waals surface area contributed by atoms with Gasteiger partial charge >= 0.3 is 0 Å². The van der Waals surface area contributed by atoms with Gasteiger partial charge in [-0.05, 0) is 51.1 Å². The maximum atomic E-state index is 12.9. The molecule has 0 unspecified atom stereocenters. The largest absolute Gasteiger partial charge is 0.493 e. The first-order chi connectivity index (χ1) is 14.7. The molecule has 3 rings (SSSR count). The normalized spacial score (nSPS) is 14.8. The van der Waals surface area contributed by atoms with E-state index in [-0.39, 0.29) is 18.4 Å². The number of fused-ring (bicyclic) bond motifs is 1. The quantitative estimate of drug-likeness (QED) is 0.754. The lowest BCUT2D eigenvalue weighted by Gasteiger charge is -2.27. The first-order valence-electron chi connectivity index (χ1n) is 9.96. The van der Waals surface area contributed by atoms with Crippen LogP contribution in [0.4, 0.5) is 11.4 Å². The Bertz CT molecular complexity index is 977. The lowest BCUT2D eigenvalue weighted by atomic mass is 9.93. The lowest BCUT2D eigenvalue weighted by molar-refractivity contribution is -0.127. The van der Waals surface area contributed by atoms with Crippen molar-refractivity contribution in [3.8, 4) is 23.0 Å². The average molecular weight is 428 g/mol. The zero-order valence-corrected chi connectivity index (χ0v) is 18.7. The van der Waals surface area contributed by atoms with Gasteiger partial charge in [0.15, 0.2) is 11.5 Å². The van der Waals surface area contributed by atoms with Crippen LogP contribution in [0.3, 0.4) is 0 Å². The zero-order chi connectivity index (χ0) is 22.8. The highest BCUT2D eigenvalue weighted by Gasteiger charge is 2.37. The molecule has 2 aromatic carbocycles. The molecule has 1 aliphatic rings. The van der Waals surface area contributed by atoms with Crippen LogP contribution in [-0.4, -0.2) is 46.3 Å². The summed E-state index contributed by atoms with van der Waals surface area (Å²) < 4.78 is 21.8. The van der Waals surface area contributed by atoms with Gasteiger partial charge in [-0.2, -0.15) is 0 Å². The summed E-state index contributed by atoms with van der Waals surface area (Å²) in [5.41, 5.74) is 0.854. The summed E-state index contributed by atoms with van der Waals surface area (Å²) in [6.45, 7) is 6.40. The van der Waals surface area contributed by atoms with E-state index in [1.165, 1.54) is 21.3 Å². The van der Waals surface area contributed by atoms with Crippen LogP contribution in [0.15, 0.2) is 30.3 Å². The van der Waals surface area contributed by atoms with Crippen molar-refractivity contribution in [1.82, 2.24) is 0 Å². The van der Waals surface area contributed by atoms with Crippen molar-refractivity contribution in [3.63, 3.8) is 0 Å². The SMILES string of the molecule is CCN1C(=O)C(C)(C)COc2ccc(NC(=O)c3cc(OC)c(OC)c(OC)c3)cc21. The molecule has 166 valence electrons. The van der Waals surface area contributed by atoms with Crippen molar-refractivity contribution in [3.05, 3.63) is 35.9 Å². The number of nitrogens with one attached hydrogen (secondary N) is 1. The molecule has 1 N–H and O–H groups in total. The van der Waals surface area contributed by atoms with E-state index in [1.54, 1.807) is 35.2 Å². The van der Waals surface area contributed by atoms with Crippen LogP contribution in [-0.2, 0) is 4.79 Å². The predicted molar refractivity (Wildman–Crippen MR) is 118 cm³/mol. The van der Waals surface area contributed by atoms with Gasteiger partial charge in [0.05, 0.1) is 32.4 Å². The van der Waals surface area contributed by atoms with E-state index in [9.17, 15) is 9.59 Å². The summed E-state index contributed by atoms with van der Waals surface area (Å²) in [5.74, 6) is 1.39. The van der Waals surface area contributed by atoms with Gasteiger partial charge in [0.2, 0.25) is 11.7 Å². The van der Waals surface area contributed by atoms with Crippen molar-refractivity contribution < 1.29 is 28.5 Å². The van der Waals surface area contributed by atoms with Gasteiger partial charge in [-0.25, -0.2) is 0 Å². The average Bonchev–Trinajstić information content (AvgIpc) is 2.86. The Morgan fingerprint density at radius 2 is 1.74 bits per heavy atom. The number of carbonyl (C=O) groups excluding carboxylic acids is 2. The monoisotopic (exact) mass is 428 g/mol. The van der Waals surface area contributed by atoms with Crippen LogP contribution >= 0.6 is 0 Å². The Hall–Kier alpha value is -3.42. The molecule has 8 heteroatoms. The number of hydrogen-bond donors (Lipinski definition) is 1. The van der Waals surface area contributed by atoms with Crippen molar-refractivity contribution in [2.45, 2.75) is 20.8 Å². The standard InChI is InChI=1S/C23H28N2O6/c1-7-25-16-12-15(8-9-17(16)31-13-23(2,3)22(25)27)24-21(26)14-10-18(28-4)20(30-6)19(11-14)29-5/h8-12H,7,13H2,1-6H3,(H,24,26). The minimum atomic E-state index is -0.644. The summed E-state index contributed by atoms with van der Waals surface area (Å²) in [6, 6.07) is 8.40. The van der Waals surface area contributed by atoms with E-state index in [0.29, 0.717) is 46.5 Å². The minimum Gasteiger partial charge on any atom is -0.493 e. The highest BCUT2D eigenvalue weighted by atomic mass is 16.5. The van der Waals surface area contributed by atoms with Crippen LogP contribution < -0.4 is 29.2 Å². The van der Waals surface area contributed by atoms with E-state index in [1.807, 2.05) is 20.8 Å². The molecule has 8 nitrogen and oxygen atoms in total. The molecule has 0 aromatic heterocycles. The molecule has 2 aromatic rings. The van der Waals surface area contributed by atoms with Crippen molar-refractivity contribution >= 4 is 23.2 Å². The number of carbonyl (C=O) groups is 2. The summed E-state index contributed by atoms with van der Waals surface area (Å²) >= 11 is 0. The third-order valence-corrected chi connectivity index (χ3v) is 5.16. The van der Waals surface area contributed by atoms with Crippen molar-refractivity contribution in [2.75, 3.05) is 44.7 Å². The highest BCUT2D eigenvalue weighted by molar-refractivity contribution is 6.06. The number of rotatable bonds is 6. The fraction of sp³-hybridized carbons (Fsp3) is 0.391. The molecule has 0 spiro atoms. The molecule has 2 amide bonds. The number of benzene rings is 2. The van der Waals surface area contributed by atoms with E-state index >= 15 is 0 Å². The van der Waals surface area contributed by atoms with Gasteiger partial charge in [-0.3, -0.25) is 9.59 Å². The van der Waals surface area contributed by atoms with Crippen molar-refractivity contribution in [1.29, 1.82) is 0 Å². The zero-order valence-electron chi connectivity index (χ0n) is 18.7. The molecule has 0 saturated carbocycles. The fourth-order valence-electron chi connectivity index (χ4n) is 3.45. The Morgan fingerprint density at radius 1 is 1.10 bits per heavy atom. The Balaban J connectivity index is 1.93. The number of nitrogens with zero attached hydrogens (tertiary/aromatic N) is 1. The van der Waals surface area contributed by atoms with Crippen LogP contribution in [0.1, 0.15) is 31.1 Å². The van der Waals surface area contributed by atoms with E-state index in [0.717, 1.165) is 0 Å². The summed E-state index contributed by atoms with van der Waals surface area (Å²) in [4.78, 5) is 27.5. The summed E-state index contributed by atoms with van der Waals surface area (Å²) in [7, 11) is 4.48. The highest BCUT2D eigenvalue weighted by Crippen LogP contribution is 2.40. The van der Waals surface area contributed by atoms with Gasteiger partial charge in [0.25, 0.3) is 5.91 Å². The molecular formula is C23H28N2O6. The number of amides is 2. The lowest BCUT2D eigenvalue weighted by Crippen LogP contribution is -2.42. The topological polar surface area (TPSA) is 86.3 Å². The molecule has 0 bridgehead atoms. The first-order valence-corrected chi connectivity index (χ1v) is 9.96. The second-order valence-electron chi connectivity index (χ2n) is 7.77. The maximum absolute atomic E-state index is 12.9. The molecule has 0 fully saturated rings. The molecule has 31 heavy (non-hydrogen) atoms. The van der Waals surface area contributed by atoms with E-state index < -0.39 is 5.41 Å². The smallest absolute Gasteiger partial charge is 0.255 e. The van der Waals surface area contributed by atoms with Crippen LogP contribution in [0.2, 0.25) is 0 Å². The Morgan fingerprint density at radius 3 is 2.29 bits per heavy atom. The molecule has 0 saturated heterocycles. The van der Waals surface area contributed by atoms with Crippen LogP contribution in [0, 0.1) is 5.41 Å². The Labute approximate surface area is 182 Å². The van der Waals surface area contributed by atoms with Crippen LogP contribution in [0.25, 0.3) is 0 Å². The van der Waals surface area contributed by atoms with Gasteiger partial charge in [-0.1, -0.05) is 0 Å². The molecule has 0 atom stereocenters. The minimum absolute atomic E-state index is 0.0261. The summed E-state index contributed by atoms with van der Waals surface area (Å²) in [6.07, 6.45) is 0. The summed E-state index contributed by atoms with van der Waals surface area (Å²) in [5, 5.41) is 2.86. The molecular weight excluding hydrogens is 400 g/mol. The number of hydrogen-bond acceptors (Lipinski definition) is 6. The predicted octanol–water partition coefficient (Wildman–Crippen LogP) is 3.74. The number of methoxy groups -OCH3 is 3. The Kier molecular flexibility index (Phi) is 6.29. The van der Waals surface area contributed by atoms with Gasteiger partial charge in [-0.15, -0.1) is 0 Å². The van der Waals surface area contributed by atoms with Gasteiger partial charge in [0.1, 0.15) is 12.4 Å². The molecule has 0 radical (unpaired) electrons. The maximum Gasteiger partial charge on any atom is 0.255 e. The second-order valence-corrected chi connectivity index (χ2v) is 7.77. The molecule has 0 aliphatic carbocycles. The first kappa shape index (κ1) is 22.3. The molecule has 1 aliphatic heterocycles.